The molecular weight excluding hydrogens is 312 g/mol. The maximum atomic E-state index is 12.5. The van der Waals surface area contributed by atoms with Crippen LogP contribution in [0.4, 0.5) is 5.69 Å². The van der Waals surface area contributed by atoms with Gasteiger partial charge < -0.3 is 10.4 Å². The quantitative estimate of drug-likeness (QED) is 0.825. The number of hydrogen-bond donors (Lipinski definition) is 2. The van der Waals surface area contributed by atoms with Gasteiger partial charge in [-0.15, -0.1) is 0 Å². The van der Waals surface area contributed by atoms with E-state index in [9.17, 15) is 19.2 Å². The van der Waals surface area contributed by atoms with Crippen LogP contribution in [0.1, 0.15) is 31.1 Å². The number of aliphatic carboxylic acids is 1. The highest BCUT2D eigenvalue weighted by Gasteiger charge is 2.37. The van der Waals surface area contributed by atoms with Crippen LogP contribution in [0.15, 0.2) is 48.5 Å². The maximum Gasteiger partial charge on any atom is 0.322 e. The highest BCUT2D eigenvalue weighted by Crippen LogP contribution is 2.28. The number of carbonyl (C=O) groups excluding carboxylic acids is 3. The van der Waals surface area contributed by atoms with E-state index in [1.165, 1.54) is 18.2 Å². The van der Waals surface area contributed by atoms with E-state index in [4.69, 9.17) is 5.11 Å². The summed E-state index contributed by atoms with van der Waals surface area (Å²) in [7, 11) is 0. The Hall–Kier alpha value is -3.48. The number of amides is 3. The molecule has 2 aromatic carbocycles. The molecule has 0 saturated heterocycles. The van der Waals surface area contributed by atoms with Gasteiger partial charge in [0.05, 0.1) is 16.8 Å². The van der Waals surface area contributed by atoms with E-state index in [0.717, 1.165) is 4.90 Å². The van der Waals surface area contributed by atoms with Crippen LogP contribution in [-0.2, 0) is 4.79 Å². The summed E-state index contributed by atoms with van der Waals surface area (Å²) in [6.45, 7) is -0.529. The molecule has 24 heavy (non-hydrogen) atoms. The van der Waals surface area contributed by atoms with Crippen molar-refractivity contribution in [3.8, 4) is 0 Å². The third kappa shape index (κ3) is 2.63. The van der Waals surface area contributed by atoms with Crippen molar-refractivity contribution in [1.29, 1.82) is 0 Å². The number of hydrogen-bond acceptors (Lipinski definition) is 4. The van der Waals surface area contributed by atoms with Gasteiger partial charge in [-0.1, -0.05) is 18.2 Å². The minimum atomic E-state index is -1.17. The lowest BCUT2D eigenvalue weighted by Crippen LogP contribution is -2.29. The van der Waals surface area contributed by atoms with Crippen molar-refractivity contribution in [1.82, 2.24) is 5.32 Å². The number of rotatable bonds is 4. The number of carboxylic acids is 1. The van der Waals surface area contributed by atoms with Gasteiger partial charge >= 0.3 is 5.97 Å². The van der Waals surface area contributed by atoms with Crippen molar-refractivity contribution in [2.24, 2.45) is 0 Å². The molecule has 7 nitrogen and oxygen atoms in total. The van der Waals surface area contributed by atoms with E-state index in [2.05, 4.69) is 5.32 Å². The zero-order valence-electron chi connectivity index (χ0n) is 12.4. The standard InChI is InChI=1S/C17H12N2O5/c20-14(21)9-18-15(22)10-6-7-12-13(8-10)17(24)19(16(12)23)11-4-2-1-3-5-11/h1-8H,9H2,(H,18,22)(H,20,21). The molecule has 0 aliphatic carbocycles. The summed E-state index contributed by atoms with van der Waals surface area (Å²) in [5, 5.41) is 10.8. The summed E-state index contributed by atoms with van der Waals surface area (Å²) in [4.78, 5) is 48.4. The number of anilines is 1. The molecule has 0 aromatic heterocycles. The van der Waals surface area contributed by atoms with Crippen LogP contribution in [-0.4, -0.2) is 35.3 Å². The summed E-state index contributed by atoms with van der Waals surface area (Å²) in [6.07, 6.45) is 0. The van der Waals surface area contributed by atoms with Crippen molar-refractivity contribution < 1.29 is 24.3 Å². The third-order valence-electron chi connectivity index (χ3n) is 3.56. The minimum Gasteiger partial charge on any atom is -0.480 e. The second kappa shape index (κ2) is 5.96. The molecule has 2 N–H and O–H groups in total. The number of fused-ring (bicyclic) bond motifs is 1. The van der Waals surface area contributed by atoms with Crippen molar-refractivity contribution >= 4 is 29.4 Å². The Morgan fingerprint density at radius 2 is 1.62 bits per heavy atom. The summed E-state index contributed by atoms with van der Waals surface area (Å²) in [5.41, 5.74) is 0.886. The van der Waals surface area contributed by atoms with Gasteiger partial charge in [-0.2, -0.15) is 0 Å². The molecule has 2 aromatic rings. The van der Waals surface area contributed by atoms with Gasteiger partial charge in [-0.05, 0) is 30.3 Å². The first-order valence-electron chi connectivity index (χ1n) is 7.07. The molecule has 1 aliphatic heterocycles. The lowest BCUT2D eigenvalue weighted by atomic mass is 10.1. The molecule has 0 spiro atoms. The molecule has 1 heterocycles. The fourth-order valence-electron chi connectivity index (χ4n) is 2.45. The summed E-state index contributed by atoms with van der Waals surface area (Å²) < 4.78 is 0. The fraction of sp³-hybridized carbons (Fsp3) is 0.0588. The average molecular weight is 324 g/mol. The molecule has 1 aliphatic rings. The van der Waals surface area contributed by atoms with E-state index in [0.29, 0.717) is 5.69 Å². The maximum absolute atomic E-state index is 12.5. The Bertz CT molecular complexity index is 861. The zero-order chi connectivity index (χ0) is 17.3. The van der Waals surface area contributed by atoms with Gasteiger partial charge in [-0.25, -0.2) is 4.90 Å². The van der Waals surface area contributed by atoms with Gasteiger partial charge in [-0.3, -0.25) is 19.2 Å². The number of benzene rings is 2. The number of para-hydroxylation sites is 1. The van der Waals surface area contributed by atoms with Gasteiger partial charge in [0.2, 0.25) is 0 Å². The van der Waals surface area contributed by atoms with Crippen LogP contribution in [0.2, 0.25) is 0 Å². The SMILES string of the molecule is O=C(O)CNC(=O)c1ccc2c(c1)C(=O)N(c1ccccc1)C2=O. The normalized spacial score (nSPS) is 12.9. The predicted octanol–water partition coefficient (Wildman–Crippen LogP) is 1.30. The van der Waals surface area contributed by atoms with E-state index in [1.54, 1.807) is 30.3 Å². The van der Waals surface area contributed by atoms with Crippen molar-refractivity contribution in [3.63, 3.8) is 0 Å². The number of imide groups is 1. The van der Waals surface area contributed by atoms with Gasteiger partial charge in [0.25, 0.3) is 17.7 Å². The lowest BCUT2D eigenvalue weighted by molar-refractivity contribution is -0.135. The fourth-order valence-corrected chi connectivity index (χ4v) is 2.45. The summed E-state index contributed by atoms with van der Waals surface area (Å²) in [5.74, 6) is -2.78. The van der Waals surface area contributed by atoms with E-state index in [1.807, 2.05) is 0 Å². The Morgan fingerprint density at radius 1 is 0.958 bits per heavy atom. The molecule has 0 unspecified atom stereocenters. The van der Waals surface area contributed by atoms with Crippen LogP contribution >= 0.6 is 0 Å². The van der Waals surface area contributed by atoms with Gasteiger partial charge in [0.1, 0.15) is 6.54 Å². The van der Waals surface area contributed by atoms with E-state index >= 15 is 0 Å². The molecule has 120 valence electrons. The molecule has 0 radical (unpaired) electrons. The predicted molar refractivity (Wildman–Crippen MR) is 84.0 cm³/mol. The van der Waals surface area contributed by atoms with Crippen LogP contribution in [0.3, 0.4) is 0 Å². The Kier molecular flexibility index (Phi) is 3.83. The van der Waals surface area contributed by atoms with Crippen LogP contribution < -0.4 is 10.2 Å². The molecular formula is C17H12N2O5. The second-order valence-corrected chi connectivity index (χ2v) is 5.12. The van der Waals surface area contributed by atoms with Gasteiger partial charge in [0.15, 0.2) is 0 Å². The first-order valence-corrected chi connectivity index (χ1v) is 7.07. The third-order valence-corrected chi connectivity index (χ3v) is 3.56. The molecule has 3 amide bonds. The van der Waals surface area contributed by atoms with Crippen LogP contribution in [0.5, 0.6) is 0 Å². The number of nitrogens with zero attached hydrogens (tertiary/aromatic N) is 1. The first kappa shape index (κ1) is 15.4. The van der Waals surface area contributed by atoms with Crippen molar-refractivity contribution in [3.05, 3.63) is 65.2 Å². The topological polar surface area (TPSA) is 104 Å². The van der Waals surface area contributed by atoms with Gasteiger partial charge in [0, 0.05) is 5.56 Å². The first-order chi connectivity index (χ1) is 11.5. The molecule has 3 rings (SSSR count). The van der Waals surface area contributed by atoms with Crippen LogP contribution in [0.25, 0.3) is 0 Å². The molecule has 0 bridgehead atoms. The van der Waals surface area contributed by atoms with Crippen molar-refractivity contribution in [2.75, 3.05) is 11.4 Å². The second-order valence-electron chi connectivity index (χ2n) is 5.12. The molecule has 0 atom stereocenters. The Labute approximate surface area is 136 Å². The minimum absolute atomic E-state index is 0.117. The van der Waals surface area contributed by atoms with Crippen molar-refractivity contribution in [2.45, 2.75) is 0 Å². The Balaban J connectivity index is 1.92. The van der Waals surface area contributed by atoms with Crippen LogP contribution in [0, 0.1) is 0 Å². The average Bonchev–Trinajstić information content (AvgIpc) is 2.84. The highest BCUT2D eigenvalue weighted by atomic mass is 16.4. The molecule has 0 fully saturated rings. The smallest absolute Gasteiger partial charge is 0.322 e. The van der Waals surface area contributed by atoms with E-state index in [-0.39, 0.29) is 16.7 Å². The highest BCUT2D eigenvalue weighted by molar-refractivity contribution is 6.34. The zero-order valence-corrected chi connectivity index (χ0v) is 12.4. The molecule has 0 saturated carbocycles. The monoisotopic (exact) mass is 324 g/mol. The summed E-state index contributed by atoms with van der Waals surface area (Å²) in [6, 6.07) is 12.6. The lowest BCUT2D eigenvalue weighted by Gasteiger charge is -2.13. The van der Waals surface area contributed by atoms with E-state index < -0.39 is 30.2 Å². The number of nitrogens with one attached hydrogen (secondary N) is 1. The Morgan fingerprint density at radius 3 is 2.29 bits per heavy atom. The summed E-state index contributed by atoms with van der Waals surface area (Å²) >= 11 is 0. The molecule has 7 heteroatoms. The number of carboxylic acid groups (broad SMARTS) is 1. The number of carbonyl (C=O) groups is 4. The largest absolute Gasteiger partial charge is 0.480 e.